The molecule has 4 heteroatoms. The topological polar surface area (TPSA) is 23.6 Å². The maximum atomic E-state index is 11.4. The van der Waals surface area contributed by atoms with E-state index in [0.717, 1.165) is 26.1 Å². The molecule has 0 saturated carbocycles. The highest BCUT2D eigenvalue weighted by molar-refractivity contribution is 6.18. The fourth-order valence-electron chi connectivity index (χ4n) is 2.46. The van der Waals surface area contributed by atoms with Gasteiger partial charge in [-0.2, -0.15) is 0 Å². The maximum Gasteiger partial charge on any atom is 0.223 e. The summed E-state index contributed by atoms with van der Waals surface area (Å²) in [6.07, 6.45) is 4.10. The van der Waals surface area contributed by atoms with Crippen molar-refractivity contribution in [2.45, 2.75) is 31.7 Å². The molecule has 2 saturated heterocycles. The summed E-state index contributed by atoms with van der Waals surface area (Å²) in [7, 11) is 0. The van der Waals surface area contributed by atoms with Crippen LogP contribution in [0.4, 0.5) is 0 Å². The molecular weight excluding hydrogens is 236 g/mol. The van der Waals surface area contributed by atoms with Gasteiger partial charge in [0, 0.05) is 24.9 Å². The van der Waals surface area contributed by atoms with E-state index in [1.165, 1.54) is 12.8 Å². The zero-order valence-electron chi connectivity index (χ0n) is 10.1. The second-order valence-corrected chi connectivity index (χ2v) is 5.00. The first-order chi connectivity index (χ1) is 8.31. The van der Waals surface area contributed by atoms with Crippen LogP contribution in [0.5, 0.6) is 0 Å². The highest BCUT2D eigenvalue weighted by atomic mass is 35.5. The fourth-order valence-corrected chi connectivity index (χ4v) is 2.81. The zero-order chi connectivity index (χ0) is 12.1. The molecule has 0 radical (unpaired) electrons. The van der Waals surface area contributed by atoms with Crippen molar-refractivity contribution in [1.29, 1.82) is 0 Å². The van der Waals surface area contributed by atoms with Gasteiger partial charge in [-0.3, -0.25) is 9.69 Å². The molecule has 1 atom stereocenters. The van der Waals surface area contributed by atoms with Crippen molar-refractivity contribution in [3.8, 4) is 11.8 Å². The van der Waals surface area contributed by atoms with E-state index < -0.39 is 0 Å². The van der Waals surface area contributed by atoms with Crippen molar-refractivity contribution in [1.82, 2.24) is 9.80 Å². The molecule has 0 aromatic rings. The van der Waals surface area contributed by atoms with Crippen LogP contribution >= 0.6 is 11.6 Å². The maximum absolute atomic E-state index is 11.4. The molecule has 2 heterocycles. The monoisotopic (exact) mass is 254 g/mol. The van der Waals surface area contributed by atoms with E-state index in [1.54, 1.807) is 0 Å². The molecule has 94 valence electrons. The number of rotatable bonds is 3. The van der Waals surface area contributed by atoms with E-state index in [-0.39, 0.29) is 5.91 Å². The number of nitrogens with zero attached hydrogens (tertiary/aromatic N) is 2. The highest BCUT2D eigenvalue weighted by Crippen LogP contribution is 2.17. The van der Waals surface area contributed by atoms with Gasteiger partial charge in [-0.15, -0.1) is 11.6 Å². The molecule has 0 unspecified atom stereocenters. The zero-order valence-corrected chi connectivity index (χ0v) is 10.9. The molecule has 0 aromatic heterocycles. The van der Waals surface area contributed by atoms with Crippen LogP contribution in [0.15, 0.2) is 0 Å². The molecule has 2 rings (SSSR count). The van der Waals surface area contributed by atoms with E-state index in [4.69, 9.17) is 11.6 Å². The summed E-state index contributed by atoms with van der Waals surface area (Å²) in [5, 5.41) is 0. The summed E-state index contributed by atoms with van der Waals surface area (Å²) in [6, 6.07) is 0.499. The van der Waals surface area contributed by atoms with Crippen molar-refractivity contribution < 1.29 is 4.79 Å². The normalized spacial score (nSPS) is 25.1. The Labute approximate surface area is 108 Å². The summed E-state index contributed by atoms with van der Waals surface area (Å²) in [5.74, 6) is 7.21. The molecule has 2 aliphatic rings. The SMILES string of the molecule is O=C1CCCN1CC#CCN1CCC[C@H]1CCl. The van der Waals surface area contributed by atoms with Crippen LogP contribution in [0.2, 0.25) is 0 Å². The lowest BCUT2D eigenvalue weighted by atomic mass is 10.2. The van der Waals surface area contributed by atoms with Crippen LogP contribution in [0.1, 0.15) is 25.7 Å². The Balaban J connectivity index is 1.72. The van der Waals surface area contributed by atoms with E-state index in [2.05, 4.69) is 16.7 Å². The number of likely N-dealkylation sites (tertiary alicyclic amines) is 2. The number of halogens is 1. The molecule has 0 spiro atoms. The van der Waals surface area contributed by atoms with Gasteiger partial charge in [0.2, 0.25) is 5.91 Å². The van der Waals surface area contributed by atoms with Gasteiger partial charge < -0.3 is 4.90 Å². The number of carbonyl (C=O) groups excluding carboxylic acids is 1. The molecule has 0 aliphatic carbocycles. The van der Waals surface area contributed by atoms with Crippen LogP contribution in [0, 0.1) is 11.8 Å². The van der Waals surface area contributed by atoms with E-state index in [1.807, 2.05) is 4.90 Å². The van der Waals surface area contributed by atoms with Crippen molar-refractivity contribution in [2.75, 3.05) is 32.1 Å². The third kappa shape index (κ3) is 3.37. The predicted octanol–water partition coefficient (Wildman–Crippen LogP) is 1.32. The number of hydrogen-bond acceptors (Lipinski definition) is 2. The Morgan fingerprint density at radius 1 is 1.24 bits per heavy atom. The summed E-state index contributed by atoms with van der Waals surface area (Å²) in [5.41, 5.74) is 0. The first-order valence-corrected chi connectivity index (χ1v) is 6.88. The van der Waals surface area contributed by atoms with Crippen LogP contribution in [-0.4, -0.2) is 53.8 Å². The van der Waals surface area contributed by atoms with Gasteiger partial charge in [-0.05, 0) is 25.8 Å². The van der Waals surface area contributed by atoms with Crippen molar-refractivity contribution in [3.05, 3.63) is 0 Å². The van der Waals surface area contributed by atoms with Crippen LogP contribution < -0.4 is 0 Å². The van der Waals surface area contributed by atoms with Crippen molar-refractivity contribution in [3.63, 3.8) is 0 Å². The minimum Gasteiger partial charge on any atom is -0.332 e. The molecule has 3 nitrogen and oxygen atoms in total. The second-order valence-electron chi connectivity index (χ2n) is 4.69. The minimum absolute atomic E-state index is 0.249. The average molecular weight is 255 g/mol. The Bertz CT molecular complexity index is 334. The number of hydrogen-bond donors (Lipinski definition) is 0. The molecule has 0 aromatic carbocycles. The van der Waals surface area contributed by atoms with Crippen molar-refractivity contribution in [2.24, 2.45) is 0 Å². The Hall–Kier alpha value is -0.720. The van der Waals surface area contributed by atoms with E-state index >= 15 is 0 Å². The molecular formula is C13H19ClN2O. The number of carbonyl (C=O) groups is 1. The largest absolute Gasteiger partial charge is 0.332 e. The van der Waals surface area contributed by atoms with Crippen molar-refractivity contribution >= 4 is 17.5 Å². The van der Waals surface area contributed by atoms with E-state index in [9.17, 15) is 4.79 Å². The average Bonchev–Trinajstić information content (AvgIpc) is 2.93. The van der Waals surface area contributed by atoms with Gasteiger partial charge in [0.1, 0.15) is 0 Å². The first kappa shape index (κ1) is 12.7. The molecule has 1 amide bonds. The Morgan fingerprint density at radius 3 is 2.76 bits per heavy atom. The third-order valence-corrected chi connectivity index (χ3v) is 3.88. The standard InChI is InChI=1S/C13H19ClN2O/c14-11-12-5-3-9-15(12)7-1-2-8-16-10-4-6-13(16)17/h12H,3-11H2/t12-/m0/s1. The Kier molecular flexibility index (Phi) is 4.70. The lowest BCUT2D eigenvalue weighted by Crippen LogP contribution is -2.31. The van der Waals surface area contributed by atoms with Gasteiger partial charge in [0.25, 0.3) is 0 Å². The van der Waals surface area contributed by atoms with Gasteiger partial charge in [-0.1, -0.05) is 11.8 Å². The third-order valence-electron chi connectivity index (χ3n) is 3.53. The number of amides is 1. The van der Waals surface area contributed by atoms with Crippen LogP contribution in [-0.2, 0) is 4.79 Å². The number of alkyl halides is 1. The van der Waals surface area contributed by atoms with Gasteiger partial charge >= 0.3 is 0 Å². The molecule has 2 aliphatic heterocycles. The summed E-state index contributed by atoms with van der Waals surface area (Å²) in [6.45, 7) is 3.37. The van der Waals surface area contributed by atoms with Crippen LogP contribution in [0.3, 0.4) is 0 Å². The van der Waals surface area contributed by atoms with E-state index in [0.29, 0.717) is 24.9 Å². The second kappa shape index (κ2) is 6.28. The van der Waals surface area contributed by atoms with Gasteiger partial charge in [0.05, 0.1) is 13.1 Å². The predicted molar refractivity (Wildman–Crippen MR) is 68.9 cm³/mol. The van der Waals surface area contributed by atoms with Gasteiger partial charge in [0.15, 0.2) is 0 Å². The summed E-state index contributed by atoms with van der Waals surface area (Å²) >= 11 is 5.90. The summed E-state index contributed by atoms with van der Waals surface area (Å²) < 4.78 is 0. The first-order valence-electron chi connectivity index (χ1n) is 6.35. The van der Waals surface area contributed by atoms with Crippen LogP contribution in [0.25, 0.3) is 0 Å². The van der Waals surface area contributed by atoms with Gasteiger partial charge in [-0.25, -0.2) is 0 Å². The smallest absolute Gasteiger partial charge is 0.223 e. The molecule has 2 fully saturated rings. The lowest BCUT2D eigenvalue weighted by Gasteiger charge is -2.19. The molecule has 0 N–H and O–H groups in total. The molecule has 17 heavy (non-hydrogen) atoms. The highest BCUT2D eigenvalue weighted by Gasteiger charge is 2.22. The Morgan fingerprint density at radius 2 is 2.06 bits per heavy atom. The lowest BCUT2D eigenvalue weighted by molar-refractivity contribution is -0.127. The fraction of sp³-hybridized carbons (Fsp3) is 0.769. The molecule has 0 bridgehead atoms. The summed E-state index contributed by atoms with van der Waals surface area (Å²) in [4.78, 5) is 15.5. The minimum atomic E-state index is 0.249. The quantitative estimate of drug-likeness (QED) is 0.560.